The number of hydrogen-bond donors (Lipinski definition) is 2. The zero-order valence-corrected chi connectivity index (χ0v) is 14.2. The number of thiophene rings is 1. The molecule has 0 bridgehead atoms. The molecule has 0 spiro atoms. The Morgan fingerprint density at radius 2 is 2.19 bits per heavy atom. The molecular formula is C14H20N4OS2. The maximum absolute atomic E-state index is 12.1. The minimum Gasteiger partial charge on any atom is -0.396 e. The number of nitrogens with zero attached hydrogens (tertiary/aromatic N) is 2. The third kappa shape index (κ3) is 3.27. The first-order valence-electron chi connectivity index (χ1n) is 6.83. The Labute approximate surface area is 133 Å². The van der Waals surface area contributed by atoms with Gasteiger partial charge in [0.1, 0.15) is 15.9 Å². The summed E-state index contributed by atoms with van der Waals surface area (Å²) in [7, 11) is 1.58. The number of nitrogens with one attached hydrogen (secondary N) is 1. The van der Waals surface area contributed by atoms with E-state index in [1.165, 1.54) is 11.3 Å². The topological polar surface area (TPSA) is 82.2 Å². The van der Waals surface area contributed by atoms with E-state index in [1.807, 2.05) is 11.8 Å². The van der Waals surface area contributed by atoms with Gasteiger partial charge in [0.2, 0.25) is 0 Å². The van der Waals surface area contributed by atoms with Crippen molar-refractivity contribution in [2.24, 2.45) is 0 Å². The molecular weight excluding hydrogens is 304 g/mol. The fraction of sp³-hybridized carbons (Fsp3) is 0.571. The average molecular weight is 324 g/mol. The van der Waals surface area contributed by atoms with Gasteiger partial charge in [0, 0.05) is 30.6 Å². The van der Waals surface area contributed by atoms with Crippen LogP contribution in [0.4, 0.5) is 10.7 Å². The van der Waals surface area contributed by atoms with E-state index < -0.39 is 0 Å². The molecule has 0 atom stereocenters. The first-order chi connectivity index (χ1) is 9.89. The molecule has 21 heavy (non-hydrogen) atoms. The lowest BCUT2D eigenvalue weighted by Gasteiger charge is -2.23. The van der Waals surface area contributed by atoms with Crippen LogP contribution >= 0.6 is 23.1 Å². The van der Waals surface area contributed by atoms with E-state index in [0.29, 0.717) is 16.1 Å². The highest BCUT2D eigenvalue weighted by molar-refractivity contribution is 8.00. The van der Waals surface area contributed by atoms with Crippen LogP contribution in [-0.4, -0.2) is 36.5 Å². The Morgan fingerprint density at radius 1 is 1.48 bits per heavy atom. The van der Waals surface area contributed by atoms with Crippen LogP contribution in [-0.2, 0) is 0 Å². The van der Waals surface area contributed by atoms with Crippen LogP contribution in [0.3, 0.4) is 0 Å². The first-order valence-corrected chi connectivity index (χ1v) is 8.63. The Kier molecular flexibility index (Phi) is 4.69. The van der Waals surface area contributed by atoms with Crippen molar-refractivity contribution in [3.05, 3.63) is 10.4 Å². The molecule has 0 aromatic carbocycles. The summed E-state index contributed by atoms with van der Waals surface area (Å²) < 4.78 is 0.239. The van der Waals surface area contributed by atoms with Gasteiger partial charge in [-0.3, -0.25) is 4.79 Å². The molecule has 5 nitrogen and oxygen atoms in total. The second-order valence-electron chi connectivity index (χ2n) is 5.56. The Morgan fingerprint density at radius 3 is 2.81 bits per heavy atom. The summed E-state index contributed by atoms with van der Waals surface area (Å²) >= 11 is 3.26. The summed E-state index contributed by atoms with van der Waals surface area (Å²) in [6.45, 7) is 6.21. The summed E-state index contributed by atoms with van der Waals surface area (Å²) in [6.07, 6.45) is 1.03. The number of nitrogen functional groups attached to an aromatic ring is 1. The number of carbonyl (C=O) groups is 1. The summed E-state index contributed by atoms with van der Waals surface area (Å²) in [5.41, 5.74) is 6.73. The average Bonchev–Trinajstić information content (AvgIpc) is 2.66. The maximum Gasteiger partial charge on any atom is 0.256 e. The molecule has 114 valence electrons. The summed E-state index contributed by atoms with van der Waals surface area (Å²) in [5, 5.41) is 12.6. The third-order valence-electron chi connectivity index (χ3n) is 3.61. The van der Waals surface area contributed by atoms with E-state index >= 15 is 0 Å². The number of nitrogens with two attached hydrogens (primary N) is 1. The molecule has 3 N–H and O–H groups in total. The Hall–Kier alpha value is -1.39. The van der Waals surface area contributed by atoms with E-state index in [9.17, 15) is 10.1 Å². The van der Waals surface area contributed by atoms with Crippen molar-refractivity contribution >= 4 is 39.7 Å². The fourth-order valence-corrected chi connectivity index (χ4v) is 4.47. The zero-order valence-electron chi connectivity index (χ0n) is 12.5. The molecule has 1 aliphatic rings. The van der Waals surface area contributed by atoms with Crippen LogP contribution in [0.5, 0.6) is 0 Å². The van der Waals surface area contributed by atoms with E-state index in [2.05, 4.69) is 30.1 Å². The molecule has 1 aromatic rings. The maximum atomic E-state index is 12.1. The van der Waals surface area contributed by atoms with Gasteiger partial charge in [0.15, 0.2) is 0 Å². The molecule has 1 saturated heterocycles. The largest absolute Gasteiger partial charge is 0.396 e. The van der Waals surface area contributed by atoms with Crippen molar-refractivity contribution in [1.29, 1.82) is 5.26 Å². The predicted molar refractivity (Wildman–Crippen MR) is 90.2 cm³/mol. The van der Waals surface area contributed by atoms with Crippen LogP contribution < -0.4 is 16.0 Å². The van der Waals surface area contributed by atoms with Crippen LogP contribution in [0.2, 0.25) is 0 Å². The monoisotopic (exact) mass is 324 g/mol. The Bertz CT molecular complexity index is 589. The lowest BCUT2D eigenvalue weighted by Crippen LogP contribution is -2.29. The normalized spacial score (nSPS) is 17.9. The number of carbonyl (C=O) groups excluding carboxylic acids is 1. The molecule has 7 heteroatoms. The van der Waals surface area contributed by atoms with Crippen molar-refractivity contribution in [3.8, 4) is 6.07 Å². The summed E-state index contributed by atoms with van der Waals surface area (Å²) in [4.78, 5) is 14.7. The quantitative estimate of drug-likeness (QED) is 0.872. The minimum absolute atomic E-state index is 0.226. The van der Waals surface area contributed by atoms with Gasteiger partial charge in [-0.15, -0.1) is 11.3 Å². The van der Waals surface area contributed by atoms with Crippen LogP contribution in [0.15, 0.2) is 0 Å². The van der Waals surface area contributed by atoms with Gasteiger partial charge in [0.05, 0.1) is 11.3 Å². The van der Waals surface area contributed by atoms with Crippen molar-refractivity contribution in [3.63, 3.8) is 0 Å². The lowest BCUT2D eigenvalue weighted by atomic mass is 10.1. The molecule has 1 amide bonds. The van der Waals surface area contributed by atoms with Gasteiger partial charge in [-0.1, -0.05) is 13.8 Å². The second kappa shape index (κ2) is 6.16. The molecule has 1 aliphatic heterocycles. The molecule has 0 unspecified atom stereocenters. The van der Waals surface area contributed by atoms with Gasteiger partial charge < -0.3 is 16.0 Å². The highest BCUT2D eigenvalue weighted by Gasteiger charge is 2.29. The van der Waals surface area contributed by atoms with Gasteiger partial charge in [-0.2, -0.15) is 17.0 Å². The van der Waals surface area contributed by atoms with E-state index in [-0.39, 0.29) is 10.7 Å². The highest BCUT2D eigenvalue weighted by Crippen LogP contribution is 2.40. The first kappa shape index (κ1) is 16.0. The molecule has 0 radical (unpaired) electrons. The van der Waals surface area contributed by atoms with Gasteiger partial charge >= 0.3 is 0 Å². The molecule has 1 fully saturated rings. The SMILES string of the molecule is CNC(=O)c1c(N2CCSC(C)(C)CC2)sc(C#N)c1N. The highest BCUT2D eigenvalue weighted by atomic mass is 32.2. The van der Waals surface area contributed by atoms with Gasteiger partial charge in [0.25, 0.3) is 5.91 Å². The summed E-state index contributed by atoms with van der Waals surface area (Å²) in [5.74, 6) is 0.774. The number of hydrogen-bond acceptors (Lipinski definition) is 6. The zero-order chi connectivity index (χ0) is 15.6. The van der Waals surface area contributed by atoms with Crippen LogP contribution in [0.25, 0.3) is 0 Å². The third-order valence-corrected chi connectivity index (χ3v) is 6.15. The lowest BCUT2D eigenvalue weighted by molar-refractivity contribution is 0.0965. The van der Waals surface area contributed by atoms with Crippen molar-refractivity contribution in [2.75, 3.05) is 36.5 Å². The number of nitriles is 1. The number of rotatable bonds is 2. The van der Waals surface area contributed by atoms with E-state index in [4.69, 9.17) is 5.73 Å². The molecule has 2 rings (SSSR count). The molecule has 0 aliphatic carbocycles. The number of thioether (sulfide) groups is 1. The van der Waals surface area contributed by atoms with Crippen molar-refractivity contribution < 1.29 is 4.79 Å². The van der Waals surface area contributed by atoms with Crippen LogP contribution in [0.1, 0.15) is 35.5 Å². The molecule has 1 aromatic heterocycles. The van der Waals surface area contributed by atoms with E-state index in [1.54, 1.807) is 7.05 Å². The van der Waals surface area contributed by atoms with Crippen molar-refractivity contribution in [1.82, 2.24) is 5.32 Å². The Balaban J connectivity index is 2.39. The smallest absolute Gasteiger partial charge is 0.256 e. The molecule has 0 saturated carbocycles. The second-order valence-corrected chi connectivity index (χ2v) is 8.36. The number of amides is 1. The van der Waals surface area contributed by atoms with Crippen LogP contribution in [0, 0.1) is 11.3 Å². The van der Waals surface area contributed by atoms with Gasteiger partial charge in [-0.25, -0.2) is 0 Å². The summed E-state index contributed by atoms with van der Waals surface area (Å²) in [6, 6.07) is 2.09. The number of anilines is 2. The minimum atomic E-state index is -0.226. The van der Waals surface area contributed by atoms with E-state index in [0.717, 1.165) is 30.3 Å². The van der Waals surface area contributed by atoms with Gasteiger partial charge in [-0.05, 0) is 6.42 Å². The van der Waals surface area contributed by atoms with Crippen molar-refractivity contribution in [2.45, 2.75) is 25.0 Å². The standard InChI is InChI=1S/C14H20N4OS2/c1-14(2)4-5-18(6-7-20-14)13-10(12(19)17-3)11(16)9(8-15)21-13/h4-7,16H2,1-3H3,(H,17,19). The fourth-order valence-electron chi connectivity index (χ4n) is 2.30. The predicted octanol–water partition coefficient (Wildman–Crippen LogP) is 2.28. The molecule has 2 heterocycles.